The molecule has 2 heterocycles. The van der Waals surface area contributed by atoms with E-state index in [0.29, 0.717) is 44.5 Å². The zero-order valence-electron chi connectivity index (χ0n) is 13.2. The normalized spacial score (nSPS) is 23.7. The van der Waals surface area contributed by atoms with Crippen LogP contribution in [0.4, 0.5) is 0 Å². The summed E-state index contributed by atoms with van der Waals surface area (Å²) in [6, 6.07) is 4.91. The van der Waals surface area contributed by atoms with Crippen LogP contribution in [-0.2, 0) is 4.79 Å². The first kappa shape index (κ1) is 15.8. The Hall–Kier alpha value is -2.08. The minimum Gasteiger partial charge on any atom is -0.508 e. The summed E-state index contributed by atoms with van der Waals surface area (Å²) in [5.74, 6) is -0.0334. The van der Waals surface area contributed by atoms with Crippen LogP contribution >= 0.6 is 0 Å². The molecule has 0 aliphatic carbocycles. The molecule has 1 atom stereocenters. The maximum Gasteiger partial charge on any atom is 0.253 e. The highest BCUT2D eigenvalue weighted by atomic mass is 16.3. The Morgan fingerprint density at radius 2 is 2.04 bits per heavy atom. The van der Waals surface area contributed by atoms with Crippen molar-refractivity contribution in [2.75, 3.05) is 19.6 Å². The number of aromatic hydroxyl groups is 1. The Morgan fingerprint density at radius 3 is 2.70 bits per heavy atom. The molecule has 2 aliphatic heterocycles. The molecule has 3 rings (SSSR count). The number of carbonyl (C=O) groups excluding carboxylic acids is 2. The molecule has 0 aromatic heterocycles. The van der Waals surface area contributed by atoms with Crippen molar-refractivity contribution in [2.24, 2.45) is 5.41 Å². The molecule has 2 amide bonds. The van der Waals surface area contributed by atoms with Crippen molar-refractivity contribution in [1.82, 2.24) is 10.2 Å². The summed E-state index contributed by atoms with van der Waals surface area (Å²) in [5, 5.41) is 22.3. The minimum atomic E-state index is -0.552. The lowest BCUT2D eigenvalue weighted by Gasteiger charge is -2.44. The highest BCUT2D eigenvalue weighted by Gasteiger charge is 2.45. The molecule has 3 N–H and O–H groups in total. The molecule has 1 aromatic rings. The number of nitrogens with zero attached hydrogens (tertiary/aromatic N) is 1. The average molecular weight is 318 g/mol. The summed E-state index contributed by atoms with van der Waals surface area (Å²) in [4.78, 5) is 26.4. The first-order valence-electron chi connectivity index (χ1n) is 7.96. The van der Waals surface area contributed by atoms with Crippen LogP contribution in [0.15, 0.2) is 18.2 Å². The summed E-state index contributed by atoms with van der Waals surface area (Å²) in [6.07, 6.45) is 1.06. The molecule has 6 heteroatoms. The number of amides is 2. The zero-order valence-corrected chi connectivity index (χ0v) is 13.2. The van der Waals surface area contributed by atoms with Gasteiger partial charge in [0, 0.05) is 25.2 Å². The molecule has 124 valence electrons. The number of benzene rings is 1. The van der Waals surface area contributed by atoms with E-state index < -0.39 is 11.5 Å². The first-order chi connectivity index (χ1) is 10.9. The van der Waals surface area contributed by atoms with E-state index in [9.17, 15) is 19.8 Å². The van der Waals surface area contributed by atoms with Crippen LogP contribution in [0.5, 0.6) is 5.75 Å². The molecular weight excluding hydrogens is 296 g/mol. The van der Waals surface area contributed by atoms with Gasteiger partial charge >= 0.3 is 0 Å². The number of phenolic OH excluding ortho intramolecular Hbond substituents is 1. The van der Waals surface area contributed by atoms with Crippen LogP contribution in [0.25, 0.3) is 0 Å². The van der Waals surface area contributed by atoms with Crippen LogP contribution in [0.1, 0.15) is 35.2 Å². The lowest BCUT2D eigenvalue weighted by atomic mass is 9.71. The summed E-state index contributed by atoms with van der Waals surface area (Å²) in [7, 11) is 0. The third-order valence-electron chi connectivity index (χ3n) is 5.07. The second kappa shape index (κ2) is 5.85. The van der Waals surface area contributed by atoms with Crippen molar-refractivity contribution in [3.63, 3.8) is 0 Å². The van der Waals surface area contributed by atoms with Crippen molar-refractivity contribution in [1.29, 1.82) is 0 Å². The molecule has 0 radical (unpaired) electrons. The molecule has 0 saturated carbocycles. The van der Waals surface area contributed by atoms with Gasteiger partial charge in [0.05, 0.1) is 11.5 Å². The Labute approximate surface area is 135 Å². The number of hydrogen-bond donors (Lipinski definition) is 3. The quantitative estimate of drug-likeness (QED) is 0.714. The summed E-state index contributed by atoms with van der Waals surface area (Å²) in [5.41, 5.74) is 0.633. The number of hydrogen-bond acceptors (Lipinski definition) is 4. The topological polar surface area (TPSA) is 89.9 Å². The maximum atomic E-state index is 12.5. The van der Waals surface area contributed by atoms with Gasteiger partial charge in [-0.15, -0.1) is 0 Å². The number of aryl methyl sites for hydroxylation is 1. The second-order valence-corrected chi connectivity index (χ2v) is 6.64. The molecular formula is C17H22N2O4. The SMILES string of the molecule is Cc1ccc(C(=O)N2CCC3(CC2)CC(O)CNC3=O)cc1O. The van der Waals surface area contributed by atoms with Crippen LogP contribution < -0.4 is 5.32 Å². The Balaban J connectivity index is 1.69. The zero-order chi connectivity index (χ0) is 16.6. The van der Waals surface area contributed by atoms with Gasteiger partial charge in [-0.3, -0.25) is 9.59 Å². The van der Waals surface area contributed by atoms with E-state index in [1.54, 1.807) is 24.0 Å². The van der Waals surface area contributed by atoms with E-state index >= 15 is 0 Å². The second-order valence-electron chi connectivity index (χ2n) is 6.64. The fourth-order valence-electron chi connectivity index (χ4n) is 3.51. The van der Waals surface area contributed by atoms with Gasteiger partial charge in [-0.2, -0.15) is 0 Å². The molecule has 2 aliphatic rings. The van der Waals surface area contributed by atoms with Crippen LogP contribution in [0.3, 0.4) is 0 Å². The monoisotopic (exact) mass is 318 g/mol. The van der Waals surface area contributed by atoms with Gasteiger partial charge in [0.2, 0.25) is 5.91 Å². The number of aliphatic hydroxyl groups excluding tert-OH is 1. The van der Waals surface area contributed by atoms with E-state index in [4.69, 9.17) is 0 Å². The standard InChI is InChI=1S/C17H22N2O4/c1-11-2-3-12(8-14(11)21)15(22)19-6-4-17(5-7-19)9-13(20)10-18-16(17)23/h2-3,8,13,20-21H,4-7,9-10H2,1H3,(H,18,23). The van der Waals surface area contributed by atoms with Crippen molar-refractivity contribution < 1.29 is 19.8 Å². The number of aliphatic hydroxyl groups is 1. The van der Waals surface area contributed by atoms with Gasteiger partial charge in [0.15, 0.2) is 0 Å². The Morgan fingerprint density at radius 1 is 1.35 bits per heavy atom. The predicted molar refractivity (Wildman–Crippen MR) is 84.0 cm³/mol. The largest absolute Gasteiger partial charge is 0.508 e. The van der Waals surface area contributed by atoms with E-state index in [1.165, 1.54) is 6.07 Å². The molecule has 2 saturated heterocycles. The first-order valence-corrected chi connectivity index (χ1v) is 7.96. The van der Waals surface area contributed by atoms with Crippen molar-refractivity contribution in [2.45, 2.75) is 32.3 Å². The highest BCUT2D eigenvalue weighted by molar-refractivity contribution is 5.95. The van der Waals surface area contributed by atoms with Crippen LogP contribution in [-0.4, -0.2) is 52.7 Å². The third kappa shape index (κ3) is 2.91. The molecule has 2 fully saturated rings. The number of phenols is 1. The fourth-order valence-corrected chi connectivity index (χ4v) is 3.51. The molecule has 23 heavy (non-hydrogen) atoms. The average Bonchev–Trinajstić information content (AvgIpc) is 2.54. The lowest BCUT2D eigenvalue weighted by molar-refractivity contribution is -0.140. The number of β-amino-alcohol motifs (C(OH)–C–C–N with tert-alkyl or cyclic N) is 1. The number of piperidine rings is 2. The van der Waals surface area contributed by atoms with Crippen molar-refractivity contribution >= 4 is 11.8 Å². The van der Waals surface area contributed by atoms with Crippen LogP contribution in [0, 0.1) is 12.3 Å². The highest BCUT2D eigenvalue weighted by Crippen LogP contribution is 2.38. The van der Waals surface area contributed by atoms with Crippen molar-refractivity contribution in [3.05, 3.63) is 29.3 Å². The molecule has 1 unspecified atom stereocenters. The summed E-state index contributed by atoms with van der Waals surface area (Å²) < 4.78 is 0. The van der Waals surface area contributed by atoms with E-state index in [-0.39, 0.29) is 17.6 Å². The van der Waals surface area contributed by atoms with Gasteiger partial charge in [-0.1, -0.05) is 6.07 Å². The van der Waals surface area contributed by atoms with E-state index in [1.807, 2.05) is 0 Å². The summed E-state index contributed by atoms with van der Waals surface area (Å²) >= 11 is 0. The molecule has 0 bridgehead atoms. The number of rotatable bonds is 1. The van der Waals surface area contributed by atoms with Gasteiger partial charge in [-0.25, -0.2) is 0 Å². The number of likely N-dealkylation sites (tertiary alicyclic amines) is 1. The van der Waals surface area contributed by atoms with Crippen molar-refractivity contribution in [3.8, 4) is 5.75 Å². The molecule has 6 nitrogen and oxygen atoms in total. The maximum absolute atomic E-state index is 12.5. The van der Waals surface area contributed by atoms with E-state index in [0.717, 1.165) is 5.56 Å². The molecule has 1 spiro atoms. The van der Waals surface area contributed by atoms with Gasteiger partial charge in [0.1, 0.15) is 5.75 Å². The molecule has 1 aromatic carbocycles. The smallest absolute Gasteiger partial charge is 0.253 e. The Kier molecular flexibility index (Phi) is 4.02. The predicted octanol–water partition coefficient (Wildman–Crippen LogP) is 0.804. The van der Waals surface area contributed by atoms with Crippen LogP contribution in [0.2, 0.25) is 0 Å². The minimum absolute atomic E-state index is 0.0112. The third-order valence-corrected chi connectivity index (χ3v) is 5.07. The summed E-state index contributed by atoms with van der Waals surface area (Å²) in [6.45, 7) is 3.05. The van der Waals surface area contributed by atoms with E-state index in [2.05, 4.69) is 5.32 Å². The lowest BCUT2D eigenvalue weighted by Crippen LogP contribution is -2.56. The van der Waals surface area contributed by atoms with Gasteiger partial charge < -0.3 is 20.4 Å². The number of carbonyl (C=O) groups is 2. The fraction of sp³-hybridized carbons (Fsp3) is 0.529. The van der Waals surface area contributed by atoms with Gasteiger partial charge in [-0.05, 0) is 43.9 Å². The van der Waals surface area contributed by atoms with Gasteiger partial charge in [0.25, 0.3) is 5.91 Å². The number of nitrogens with one attached hydrogen (secondary N) is 1. The Bertz CT molecular complexity index is 635.